The molecule has 0 aliphatic rings. The minimum atomic E-state index is -0.159. The average molecular weight is 266 g/mol. The lowest BCUT2D eigenvalue weighted by Crippen LogP contribution is -2.12. The fourth-order valence-corrected chi connectivity index (χ4v) is 2.23. The lowest BCUT2D eigenvalue weighted by atomic mass is 10.0. The van der Waals surface area contributed by atoms with E-state index in [9.17, 15) is 0 Å². The summed E-state index contributed by atoms with van der Waals surface area (Å²) in [5, 5.41) is 1.04. The fraction of sp³-hybridized carbons (Fsp3) is 0.400. The van der Waals surface area contributed by atoms with Crippen LogP contribution in [0.3, 0.4) is 0 Å². The fourth-order valence-electron chi connectivity index (χ4n) is 1.37. The monoisotopic (exact) mass is 265 g/mol. The molecule has 0 saturated carbocycles. The topological polar surface area (TPSA) is 35.2 Å². The molecule has 0 radical (unpaired) electrons. The standard InChI is InChI=1S/C10H13Cl2NOS/c1-14-10-7(9(13)2-3-15)4-6(11)5-8(10)12/h4-5,9,15H,2-3,13H2,1H3. The van der Waals surface area contributed by atoms with E-state index in [1.807, 2.05) is 0 Å². The number of hydrogen-bond acceptors (Lipinski definition) is 3. The van der Waals surface area contributed by atoms with Gasteiger partial charge in [0.1, 0.15) is 5.75 Å². The van der Waals surface area contributed by atoms with Crippen molar-refractivity contribution in [3.63, 3.8) is 0 Å². The van der Waals surface area contributed by atoms with Crippen molar-refractivity contribution in [2.24, 2.45) is 5.73 Å². The summed E-state index contributed by atoms with van der Waals surface area (Å²) in [7, 11) is 1.56. The molecular formula is C10H13Cl2NOS. The first kappa shape index (κ1) is 13.0. The third-order valence-electron chi connectivity index (χ3n) is 2.08. The molecule has 2 nitrogen and oxygen atoms in total. The number of benzene rings is 1. The molecule has 1 unspecified atom stereocenters. The number of hydrogen-bond donors (Lipinski definition) is 2. The Kier molecular flexibility index (Phi) is 5.06. The first-order valence-electron chi connectivity index (χ1n) is 4.49. The van der Waals surface area contributed by atoms with E-state index in [1.165, 1.54) is 0 Å². The van der Waals surface area contributed by atoms with Crippen molar-refractivity contribution in [3.8, 4) is 5.75 Å². The normalized spacial score (nSPS) is 12.6. The zero-order valence-corrected chi connectivity index (χ0v) is 10.7. The van der Waals surface area contributed by atoms with Gasteiger partial charge in [-0.2, -0.15) is 12.6 Å². The molecule has 0 heterocycles. The van der Waals surface area contributed by atoms with Crippen LogP contribution in [0.1, 0.15) is 18.0 Å². The molecule has 1 rings (SSSR count). The maximum absolute atomic E-state index is 5.99. The van der Waals surface area contributed by atoms with Gasteiger partial charge in [-0.05, 0) is 24.3 Å². The Morgan fingerprint density at radius 2 is 2.13 bits per heavy atom. The zero-order valence-electron chi connectivity index (χ0n) is 8.34. The minimum absolute atomic E-state index is 0.159. The molecular weight excluding hydrogens is 253 g/mol. The van der Waals surface area contributed by atoms with Crippen molar-refractivity contribution in [2.75, 3.05) is 12.9 Å². The molecule has 0 fully saturated rings. The van der Waals surface area contributed by atoms with Crippen molar-refractivity contribution >= 4 is 35.8 Å². The van der Waals surface area contributed by atoms with E-state index in [4.69, 9.17) is 33.7 Å². The average Bonchev–Trinajstić information content (AvgIpc) is 2.17. The van der Waals surface area contributed by atoms with E-state index in [0.29, 0.717) is 21.5 Å². The van der Waals surface area contributed by atoms with Crippen molar-refractivity contribution in [2.45, 2.75) is 12.5 Å². The van der Waals surface area contributed by atoms with E-state index in [1.54, 1.807) is 19.2 Å². The van der Waals surface area contributed by atoms with Gasteiger partial charge in [-0.3, -0.25) is 0 Å². The Balaban J connectivity index is 3.13. The number of nitrogens with two attached hydrogens (primary N) is 1. The van der Waals surface area contributed by atoms with Gasteiger partial charge in [-0.15, -0.1) is 0 Å². The first-order chi connectivity index (χ1) is 7.10. The Morgan fingerprint density at radius 3 is 2.67 bits per heavy atom. The summed E-state index contributed by atoms with van der Waals surface area (Å²) < 4.78 is 5.20. The van der Waals surface area contributed by atoms with Crippen LogP contribution in [0.2, 0.25) is 10.0 Å². The molecule has 0 spiro atoms. The molecule has 0 bridgehead atoms. The molecule has 15 heavy (non-hydrogen) atoms. The van der Waals surface area contributed by atoms with Crippen LogP contribution in [-0.2, 0) is 0 Å². The molecule has 1 aromatic rings. The highest BCUT2D eigenvalue weighted by Gasteiger charge is 2.15. The quantitative estimate of drug-likeness (QED) is 0.820. The SMILES string of the molecule is COc1c(Cl)cc(Cl)cc1C(N)CCS. The van der Waals surface area contributed by atoms with E-state index in [2.05, 4.69) is 12.6 Å². The van der Waals surface area contributed by atoms with Crippen LogP contribution >= 0.6 is 35.8 Å². The number of ether oxygens (including phenoxy) is 1. The zero-order chi connectivity index (χ0) is 11.4. The van der Waals surface area contributed by atoms with Crippen LogP contribution in [0.25, 0.3) is 0 Å². The highest BCUT2D eigenvalue weighted by molar-refractivity contribution is 7.80. The lowest BCUT2D eigenvalue weighted by Gasteiger charge is -2.16. The highest BCUT2D eigenvalue weighted by Crippen LogP contribution is 2.35. The predicted molar refractivity (Wildman–Crippen MR) is 68.4 cm³/mol. The lowest BCUT2D eigenvalue weighted by molar-refractivity contribution is 0.405. The van der Waals surface area contributed by atoms with Crippen LogP contribution in [0, 0.1) is 0 Å². The number of thiol groups is 1. The van der Waals surface area contributed by atoms with E-state index < -0.39 is 0 Å². The maximum atomic E-state index is 5.99. The van der Waals surface area contributed by atoms with Crippen LogP contribution in [0.4, 0.5) is 0 Å². The Hall–Kier alpha value is -0.0900. The van der Waals surface area contributed by atoms with Gasteiger partial charge < -0.3 is 10.5 Å². The van der Waals surface area contributed by atoms with Gasteiger partial charge in [-0.1, -0.05) is 23.2 Å². The molecule has 1 aromatic carbocycles. The molecule has 0 aliphatic heterocycles. The van der Waals surface area contributed by atoms with Gasteiger partial charge in [0.05, 0.1) is 12.1 Å². The van der Waals surface area contributed by atoms with Gasteiger partial charge in [0.15, 0.2) is 0 Å². The highest BCUT2D eigenvalue weighted by atomic mass is 35.5. The van der Waals surface area contributed by atoms with Crippen LogP contribution in [0.5, 0.6) is 5.75 Å². The summed E-state index contributed by atoms with van der Waals surface area (Å²) >= 11 is 16.0. The minimum Gasteiger partial charge on any atom is -0.495 e. The van der Waals surface area contributed by atoms with E-state index in [-0.39, 0.29) is 6.04 Å². The summed E-state index contributed by atoms with van der Waals surface area (Å²) in [6.07, 6.45) is 0.746. The van der Waals surface area contributed by atoms with Crippen molar-refractivity contribution in [1.82, 2.24) is 0 Å². The van der Waals surface area contributed by atoms with Crippen LogP contribution in [0.15, 0.2) is 12.1 Å². The Bertz CT molecular complexity index is 346. The van der Waals surface area contributed by atoms with E-state index in [0.717, 1.165) is 12.0 Å². The molecule has 0 aliphatic carbocycles. The third-order valence-corrected chi connectivity index (χ3v) is 2.84. The Morgan fingerprint density at radius 1 is 1.47 bits per heavy atom. The van der Waals surface area contributed by atoms with Gasteiger partial charge in [0, 0.05) is 16.6 Å². The third kappa shape index (κ3) is 3.18. The molecule has 2 N–H and O–H groups in total. The summed E-state index contributed by atoms with van der Waals surface area (Å²) in [4.78, 5) is 0. The van der Waals surface area contributed by atoms with Crippen LogP contribution in [-0.4, -0.2) is 12.9 Å². The van der Waals surface area contributed by atoms with Crippen LogP contribution < -0.4 is 10.5 Å². The predicted octanol–water partition coefficient (Wildman–Crippen LogP) is 3.32. The van der Waals surface area contributed by atoms with E-state index >= 15 is 0 Å². The number of halogens is 2. The number of methoxy groups -OCH3 is 1. The molecule has 1 atom stereocenters. The second kappa shape index (κ2) is 5.85. The Labute approximate surface area is 105 Å². The molecule has 0 amide bonds. The van der Waals surface area contributed by atoms with Crippen molar-refractivity contribution < 1.29 is 4.74 Å². The summed E-state index contributed by atoms with van der Waals surface area (Å²) in [6.45, 7) is 0. The van der Waals surface area contributed by atoms with Crippen molar-refractivity contribution in [3.05, 3.63) is 27.7 Å². The number of rotatable bonds is 4. The molecule has 5 heteroatoms. The largest absolute Gasteiger partial charge is 0.495 e. The summed E-state index contributed by atoms with van der Waals surface area (Å²) in [6, 6.07) is 3.26. The summed E-state index contributed by atoms with van der Waals surface area (Å²) in [5.41, 5.74) is 6.80. The molecule has 0 saturated heterocycles. The van der Waals surface area contributed by atoms with Crippen molar-refractivity contribution in [1.29, 1.82) is 0 Å². The maximum Gasteiger partial charge on any atom is 0.142 e. The summed E-state index contributed by atoms with van der Waals surface area (Å²) in [5.74, 6) is 1.30. The van der Waals surface area contributed by atoms with Gasteiger partial charge in [-0.25, -0.2) is 0 Å². The second-order valence-electron chi connectivity index (χ2n) is 3.13. The van der Waals surface area contributed by atoms with Gasteiger partial charge in [0.2, 0.25) is 0 Å². The first-order valence-corrected chi connectivity index (χ1v) is 5.88. The molecule has 84 valence electrons. The molecule has 0 aromatic heterocycles. The van der Waals surface area contributed by atoms with Gasteiger partial charge >= 0.3 is 0 Å². The smallest absolute Gasteiger partial charge is 0.142 e. The van der Waals surface area contributed by atoms with Gasteiger partial charge in [0.25, 0.3) is 0 Å². The second-order valence-corrected chi connectivity index (χ2v) is 4.42.